The molecule has 0 unspecified atom stereocenters. The molecule has 10 heteroatoms. The minimum Gasteiger partial charge on any atom is -0.497 e. The summed E-state index contributed by atoms with van der Waals surface area (Å²) < 4.78 is 44.9. The Kier molecular flexibility index (Phi) is 7.35. The Bertz CT molecular complexity index is 828. The summed E-state index contributed by atoms with van der Waals surface area (Å²) in [7, 11) is 1.02. The standard InChI is InChI=1S/C20H30N2O7S/c1-21(2)20(24)10-16-6-9-18-19(29-16)13-28-12-14(23)11-22(18)30(25,26)17-7-4-15(27-3)5-8-17/h4-5,7-8,14,16,18-19,23H,6,9-13H2,1-3H3/t14-,16-,18-,19+/m1/s1. The highest BCUT2D eigenvalue weighted by Gasteiger charge is 2.43. The minimum absolute atomic E-state index is 0.0164. The van der Waals surface area contributed by atoms with Crippen molar-refractivity contribution in [3.63, 3.8) is 0 Å². The number of β-amino-alcohol motifs (C(OH)–C–C–N with tert-alkyl or cyclic N) is 1. The third-order valence-corrected chi connectivity index (χ3v) is 7.41. The molecule has 3 rings (SSSR count). The largest absolute Gasteiger partial charge is 0.497 e. The summed E-state index contributed by atoms with van der Waals surface area (Å²) in [5.74, 6) is 0.519. The van der Waals surface area contributed by atoms with Crippen LogP contribution < -0.4 is 4.74 Å². The topological polar surface area (TPSA) is 106 Å². The molecule has 0 bridgehead atoms. The lowest BCUT2D eigenvalue weighted by Gasteiger charge is -2.43. The Balaban J connectivity index is 1.84. The van der Waals surface area contributed by atoms with E-state index in [9.17, 15) is 18.3 Å². The molecule has 2 heterocycles. The molecule has 2 saturated heterocycles. The van der Waals surface area contributed by atoms with E-state index >= 15 is 0 Å². The number of carbonyl (C=O) groups excluding carboxylic acids is 1. The van der Waals surface area contributed by atoms with Gasteiger partial charge in [-0.1, -0.05) is 0 Å². The normalized spacial score (nSPS) is 28.1. The second-order valence-corrected chi connectivity index (χ2v) is 9.77. The van der Waals surface area contributed by atoms with Crippen molar-refractivity contribution >= 4 is 15.9 Å². The minimum atomic E-state index is -3.88. The van der Waals surface area contributed by atoms with Gasteiger partial charge in [-0.2, -0.15) is 4.31 Å². The molecule has 1 N–H and O–H groups in total. The van der Waals surface area contributed by atoms with E-state index in [1.165, 1.54) is 28.4 Å². The zero-order valence-electron chi connectivity index (χ0n) is 17.6. The lowest BCUT2D eigenvalue weighted by Crippen LogP contribution is -2.57. The summed E-state index contributed by atoms with van der Waals surface area (Å²) in [4.78, 5) is 13.7. The van der Waals surface area contributed by atoms with Gasteiger partial charge in [-0.15, -0.1) is 0 Å². The molecule has 0 aliphatic carbocycles. The van der Waals surface area contributed by atoms with Crippen LogP contribution >= 0.6 is 0 Å². The molecule has 1 aromatic carbocycles. The molecule has 1 aromatic rings. The molecule has 168 valence electrons. The van der Waals surface area contributed by atoms with Gasteiger partial charge in [0.15, 0.2) is 0 Å². The summed E-state index contributed by atoms with van der Waals surface area (Å²) >= 11 is 0. The van der Waals surface area contributed by atoms with E-state index in [-0.39, 0.29) is 43.1 Å². The predicted molar refractivity (Wildman–Crippen MR) is 109 cm³/mol. The number of benzene rings is 1. The highest BCUT2D eigenvalue weighted by atomic mass is 32.2. The number of nitrogens with zero attached hydrogens (tertiary/aromatic N) is 2. The second kappa shape index (κ2) is 9.61. The summed E-state index contributed by atoms with van der Waals surface area (Å²) in [5.41, 5.74) is 0. The lowest BCUT2D eigenvalue weighted by molar-refractivity contribution is -0.150. The van der Waals surface area contributed by atoms with Gasteiger partial charge < -0.3 is 24.2 Å². The molecule has 4 atom stereocenters. The highest BCUT2D eigenvalue weighted by molar-refractivity contribution is 7.89. The Morgan fingerprint density at radius 2 is 1.93 bits per heavy atom. The van der Waals surface area contributed by atoms with Gasteiger partial charge in [-0.25, -0.2) is 8.42 Å². The van der Waals surface area contributed by atoms with Crippen LogP contribution in [0, 0.1) is 0 Å². The third-order valence-electron chi connectivity index (χ3n) is 5.50. The lowest BCUT2D eigenvalue weighted by atomic mass is 9.96. The SMILES string of the molecule is COc1ccc(S(=O)(=O)N2C[C@@H](O)COC[C@@H]3O[C@@H](CC(=O)N(C)C)CC[C@H]32)cc1. The first-order valence-electron chi connectivity index (χ1n) is 9.99. The van der Waals surface area contributed by atoms with Crippen molar-refractivity contribution in [3.05, 3.63) is 24.3 Å². The Labute approximate surface area is 177 Å². The summed E-state index contributed by atoms with van der Waals surface area (Å²) in [6.45, 7) is 0.0890. The molecule has 1 amide bonds. The number of fused-ring (bicyclic) bond motifs is 1. The number of sulfonamides is 1. The van der Waals surface area contributed by atoms with Crippen LogP contribution in [0.5, 0.6) is 5.75 Å². The fourth-order valence-electron chi connectivity index (χ4n) is 3.83. The van der Waals surface area contributed by atoms with Crippen LogP contribution in [0.2, 0.25) is 0 Å². The van der Waals surface area contributed by atoms with Crippen LogP contribution in [-0.2, 0) is 24.3 Å². The van der Waals surface area contributed by atoms with E-state index in [4.69, 9.17) is 14.2 Å². The average molecular weight is 443 g/mol. The molecule has 2 aliphatic rings. The van der Waals surface area contributed by atoms with Gasteiger partial charge in [0.25, 0.3) is 0 Å². The fraction of sp³-hybridized carbons (Fsp3) is 0.650. The first-order valence-corrected chi connectivity index (χ1v) is 11.4. The van der Waals surface area contributed by atoms with E-state index in [1.54, 1.807) is 26.2 Å². The number of aliphatic hydroxyl groups is 1. The van der Waals surface area contributed by atoms with E-state index in [0.29, 0.717) is 18.6 Å². The maximum atomic E-state index is 13.4. The zero-order valence-corrected chi connectivity index (χ0v) is 18.4. The molecule has 0 saturated carbocycles. The van der Waals surface area contributed by atoms with Crippen molar-refractivity contribution in [2.75, 3.05) is 41.0 Å². The van der Waals surface area contributed by atoms with Crippen molar-refractivity contribution < 1.29 is 32.5 Å². The van der Waals surface area contributed by atoms with Crippen molar-refractivity contribution in [2.45, 2.75) is 48.5 Å². The van der Waals surface area contributed by atoms with E-state index in [1.807, 2.05) is 0 Å². The predicted octanol–water partition coefficient (Wildman–Crippen LogP) is 0.472. The maximum Gasteiger partial charge on any atom is 0.243 e. The van der Waals surface area contributed by atoms with Gasteiger partial charge in [0.2, 0.25) is 15.9 Å². The molecule has 2 fully saturated rings. The number of aliphatic hydroxyl groups excluding tert-OH is 1. The second-order valence-electron chi connectivity index (χ2n) is 7.88. The van der Waals surface area contributed by atoms with Gasteiger partial charge >= 0.3 is 0 Å². The van der Waals surface area contributed by atoms with Crippen LogP contribution in [0.15, 0.2) is 29.2 Å². The smallest absolute Gasteiger partial charge is 0.243 e. The molecule has 0 spiro atoms. The van der Waals surface area contributed by atoms with Gasteiger partial charge in [-0.05, 0) is 37.1 Å². The van der Waals surface area contributed by atoms with Crippen LogP contribution in [-0.4, -0.2) is 94.0 Å². The van der Waals surface area contributed by atoms with E-state index in [0.717, 1.165) is 0 Å². The Hall–Kier alpha value is -1.72. The van der Waals surface area contributed by atoms with Crippen molar-refractivity contribution in [2.24, 2.45) is 0 Å². The number of carbonyl (C=O) groups is 1. The average Bonchev–Trinajstić information content (AvgIpc) is 2.71. The zero-order chi connectivity index (χ0) is 21.9. The van der Waals surface area contributed by atoms with Crippen LogP contribution in [0.1, 0.15) is 19.3 Å². The third kappa shape index (κ3) is 5.12. The summed E-state index contributed by atoms with van der Waals surface area (Å²) in [6.07, 6.45) is -0.442. The van der Waals surface area contributed by atoms with Crippen LogP contribution in [0.3, 0.4) is 0 Å². The Morgan fingerprint density at radius 3 is 2.57 bits per heavy atom. The quantitative estimate of drug-likeness (QED) is 0.707. The van der Waals surface area contributed by atoms with Gasteiger partial charge in [0.05, 0.1) is 56.0 Å². The monoisotopic (exact) mass is 442 g/mol. The molecule has 30 heavy (non-hydrogen) atoms. The molecule has 9 nitrogen and oxygen atoms in total. The Morgan fingerprint density at radius 1 is 1.23 bits per heavy atom. The first kappa shape index (κ1) is 23.0. The van der Waals surface area contributed by atoms with Gasteiger partial charge in [-0.3, -0.25) is 4.79 Å². The van der Waals surface area contributed by atoms with E-state index in [2.05, 4.69) is 0 Å². The van der Waals surface area contributed by atoms with Crippen LogP contribution in [0.4, 0.5) is 0 Å². The van der Waals surface area contributed by atoms with Crippen molar-refractivity contribution in [1.82, 2.24) is 9.21 Å². The first-order chi connectivity index (χ1) is 14.2. The summed E-state index contributed by atoms with van der Waals surface area (Å²) in [6, 6.07) is 5.68. The van der Waals surface area contributed by atoms with Crippen LogP contribution in [0.25, 0.3) is 0 Å². The van der Waals surface area contributed by atoms with Crippen molar-refractivity contribution in [3.8, 4) is 5.75 Å². The number of ether oxygens (including phenoxy) is 3. The number of amides is 1. The van der Waals surface area contributed by atoms with E-state index < -0.39 is 28.3 Å². The highest BCUT2D eigenvalue weighted by Crippen LogP contribution is 2.32. The van der Waals surface area contributed by atoms with Gasteiger partial charge in [0.1, 0.15) is 5.75 Å². The number of rotatable bonds is 5. The summed E-state index contributed by atoms with van der Waals surface area (Å²) in [5, 5.41) is 10.3. The molecule has 2 aliphatic heterocycles. The van der Waals surface area contributed by atoms with Crippen molar-refractivity contribution in [1.29, 1.82) is 0 Å². The molecule has 0 radical (unpaired) electrons. The maximum absolute atomic E-state index is 13.4. The fourth-order valence-corrected chi connectivity index (χ4v) is 5.55. The molecular formula is C20H30N2O7S. The molecule has 0 aromatic heterocycles. The number of methoxy groups -OCH3 is 1. The number of hydrogen-bond acceptors (Lipinski definition) is 7. The van der Waals surface area contributed by atoms with Gasteiger partial charge in [0, 0.05) is 20.6 Å². The molecular weight excluding hydrogens is 412 g/mol. The number of hydrogen-bond donors (Lipinski definition) is 1.